The summed E-state index contributed by atoms with van der Waals surface area (Å²) in [5.74, 6) is 0.982. The van der Waals surface area contributed by atoms with Gasteiger partial charge in [-0.2, -0.15) is 0 Å². The summed E-state index contributed by atoms with van der Waals surface area (Å²) in [5, 5.41) is 12.7. The highest BCUT2D eigenvalue weighted by Crippen LogP contribution is 2.44. The van der Waals surface area contributed by atoms with Crippen LogP contribution in [0.1, 0.15) is 51.4 Å². The quantitative estimate of drug-likeness (QED) is 0.661. The fourth-order valence-electron chi connectivity index (χ4n) is 2.70. The molecule has 2 rings (SSSR count). The fourth-order valence-corrected chi connectivity index (χ4v) is 2.70. The lowest BCUT2D eigenvalue weighted by atomic mass is 9.87. The molecule has 2 aliphatic carbocycles. The van der Waals surface area contributed by atoms with E-state index in [0.29, 0.717) is 6.61 Å². The Kier molecular flexibility index (Phi) is 4.04. The van der Waals surface area contributed by atoms with E-state index in [2.05, 4.69) is 5.32 Å². The van der Waals surface area contributed by atoms with Gasteiger partial charge in [0, 0.05) is 18.6 Å². The highest BCUT2D eigenvalue weighted by atomic mass is 16.3. The minimum absolute atomic E-state index is 0.284. The van der Waals surface area contributed by atoms with Crippen molar-refractivity contribution >= 4 is 0 Å². The number of aliphatic hydroxyl groups is 1. The lowest BCUT2D eigenvalue weighted by Gasteiger charge is -2.22. The van der Waals surface area contributed by atoms with E-state index in [1.54, 1.807) is 0 Å². The summed E-state index contributed by atoms with van der Waals surface area (Å²) >= 11 is 0. The Morgan fingerprint density at radius 3 is 2.47 bits per heavy atom. The first kappa shape index (κ1) is 11.4. The van der Waals surface area contributed by atoms with Gasteiger partial charge >= 0.3 is 0 Å². The zero-order valence-electron chi connectivity index (χ0n) is 9.80. The maximum absolute atomic E-state index is 9.16. The van der Waals surface area contributed by atoms with Gasteiger partial charge in [-0.25, -0.2) is 0 Å². The minimum atomic E-state index is 0.284. The second kappa shape index (κ2) is 5.31. The molecule has 0 atom stereocenters. The van der Waals surface area contributed by atoms with Gasteiger partial charge in [0.05, 0.1) is 0 Å². The molecule has 2 aliphatic rings. The minimum Gasteiger partial charge on any atom is -0.396 e. The Labute approximate surface area is 93.5 Å². The number of aliphatic hydroxyl groups excluding tert-OH is 1. The molecule has 0 aromatic heterocycles. The second-order valence-electron chi connectivity index (χ2n) is 5.63. The molecule has 0 saturated heterocycles. The third-order valence-electron chi connectivity index (χ3n) is 4.25. The van der Waals surface area contributed by atoms with E-state index < -0.39 is 0 Å². The molecule has 0 aromatic rings. The van der Waals surface area contributed by atoms with Crippen LogP contribution in [0.3, 0.4) is 0 Å². The van der Waals surface area contributed by atoms with E-state index in [9.17, 15) is 0 Å². The third kappa shape index (κ3) is 3.46. The van der Waals surface area contributed by atoms with Crippen molar-refractivity contribution in [2.75, 3.05) is 19.7 Å². The maximum Gasteiger partial charge on any atom is 0.0499 e. The Hall–Kier alpha value is -0.0800. The molecule has 2 nitrogen and oxygen atoms in total. The second-order valence-corrected chi connectivity index (χ2v) is 5.63. The molecule has 0 amide bonds. The zero-order valence-corrected chi connectivity index (χ0v) is 9.80. The van der Waals surface area contributed by atoms with E-state index in [1.165, 1.54) is 51.4 Å². The monoisotopic (exact) mass is 211 g/mol. The van der Waals surface area contributed by atoms with Crippen molar-refractivity contribution < 1.29 is 5.11 Å². The van der Waals surface area contributed by atoms with Gasteiger partial charge < -0.3 is 10.4 Å². The van der Waals surface area contributed by atoms with Crippen molar-refractivity contribution in [1.82, 2.24) is 5.32 Å². The molecular weight excluding hydrogens is 186 g/mol. The number of nitrogens with one attached hydrogen (secondary N) is 1. The van der Waals surface area contributed by atoms with Crippen molar-refractivity contribution in [2.24, 2.45) is 11.3 Å². The van der Waals surface area contributed by atoms with Gasteiger partial charge in [-0.05, 0) is 31.7 Å². The highest BCUT2D eigenvalue weighted by Gasteiger charge is 2.41. The smallest absolute Gasteiger partial charge is 0.0499 e. The van der Waals surface area contributed by atoms with Gasteiger partial charge in [-0.3, -0.25) is 0 Å². The Balaban J connectivity index is 1.51. The van der Waals surface area contributed by atoms with Crippen LogP contribution in [0.25, 0.3) is 0 Å². The van der Waals surface area contributed by atoms with E-state index in [1.807, 2.05) is 0 Å². The molecule has 2 N–H and O–H groups in total. The summed E-state index contributed by atoms with van der Waals surface area (Å²) in [6, 6.07) is 0. The average molecular weight is 211 g/mol. The average Bonchev–Trinajstić information content (AvgIpc) is 3.07. The molecular formula is C13H25NO. The summed E-state index contributed by atoms with van der Waals surface area (Å²) in [5.41, 5.74) is 0.284. The molecule has 15 heavy (non-hydrogen) atoms. The van der Waals surface area contributed by atoms with E-state index in [4.69, 9.17) is 5.11 Å². The summed E-state index contributed by atoms with van der Waals surface area (Å²) in [7, 11) is 0. The first-order valence-corrected chi connectivity index (χ1v) is 6.66. The largest absolute Gasteiger partial charge is 0.396 e. The molecule has 0 radical (unpaired) electrons. The maximum atomic E-state index is 9.16. The third-order valence-corrected chi connectivity index (χ3v) is 4.25. The van der Waals surface area contributed by atoms with Crippen molar-refractivity contribution in [2.45, 2.75) is 51.4 Å². The van der Waals surface area contributed by atoms with Crippen LogP contribution in [0.15, 0.2) is 0 Å². The lowest BCUT2D eigenvalue weighted by molar-refractivity contribution is 0.206. The van der Waals surface area contributed by atoms with Crippen molar-refractivity contribution in [1.29, 1.82) is 0 Å². The first-order valence-electron chi connectivity index (χ1n) is 6.66. The topological polar surface area (TPSA) is 32.3 Å². The van der Waals surface area contributed by atoms with Gasteiger partial charge in [-0.15, -0.1) is 0 Å². The van der Waals surface area contributed by atoms with Gasteiger partial charge in [0.15, 0.2) is 0 Å². The normalized spacial score (nSPS) is 25.4. The Morgan fingerprint density at radius 1 is 1.13 bits per heavy atom. The number of hydrogen-bond donors (Lipinski definition) is 2. The van der Waals surface area contributed by atoms with Crippen LogP contribution in [0.5, 0.6) is 0 Å². The molecule has 0 spiro atoms. The summed E-state index contributed by atoms with van der Waals surface area (Å²) in [4.78, 5) is 0. The Bertz CT molecular complexity index is 183. The molecule has 0 unspecified atom stereocenters. The van der Waals surface area contributed by atoms with Gasteiger partial charge in [0.25, 0.3) is 0 Å². The van der Waals surface area contributed by atoms with Crippen LogP contribution in [-0.2, 0) is 0 Å². The summed E-state index contributed by atoms with van der Waals surface area (Å²) in [6.45, 7) is 2.58. The lowest BCUT2D eigenvalue weighted by Crippen LogP contribution is -2.28. The van der Waals surface area contributed by atoms with Gasteiger partial charge in [0.2, 0.25) is 0 Å². The molecule has 0 aromatic carbocycles. The molecule has 0 aliphatic heterocycles. The highest BCUT2D eigenvalue weighted by molar-refractivity contribution is 4.94. The standard InChI is InChI=1S/C13H25NO/c15-11-13(7-8-13)10-14-9-6-12-4-2-1-3-5-12/h12,14-15H,1-11H2. The molecule has 2 fully saturated rings. The first-order chi connectivity index (χ1) is 7.35. The van der Waals surface area contributed by atoms with Crippen molar-refractivity contribution in [3.05, 3.63) is 0 Å². The van der Waals surface area contributed by atoms with Gasteiger partial charge in [-0.1, -0.05) is 32.1 Å². The summed E-state index contributed by atoms with van der Waals surface area (Å²) in [6.07, 6.45) is 11.1. The molecule has 0 heterocycles. The van der Waals surface area contributed by atoms with Crippen LogP contribution in [0.2, 0.25) is 0 Å². The predicted molar refractivity (Wildman–Crippen MR) is 62.8 cm³/mol. The van der Waals surface area contributed by atoms with Crippen molar-refractivity contribution in [3.8, 4) is 0 Å². The number of hydrogen-bond acceptors (Lipinski definition) is 2. The van der Waals surface area contributed by atoms with Crippen LogP contribution in [-0.4, -0.2) is 24.8 Å². The van der Waals surface area contributed by atoms with E-state index in [-0.39, 0.29) is 5.41 Å². The van der Waals surface area contributed by atoms with Gasteiger partial charge in [0.1, 0.15) is 0 Å². The summed E-state index contributed by atoms with van der Waals surface area (Å²) < 4.78 is 0. The Morgan fingerprint density at radius 2 is 1.87 bits per heavy atom. The van der Waals surface area contributed by atoms with Crippen LogP contribution in [0, 0.1) is 11.3 Å². The van der Waals surface area contributed by atoms with Crippen LogP contribution in [0.4, 0.5) is 0 Å². The zero-order chi connectivity index (χ0) is 10.6. The number of rotatable bonds is 6. The van der Waals surface area contributed by atoms with Crippen LogP contribution >= 0.6 is 0 Å². The van der Waals surface area contributed by atoms with Crippen LogP contribution < -0.4 is 5.32 Å². The molecule has 2 saturated carbocycles. The predicted octanol–water partition coefficient (Wildman–Crippen LogP) is 2.32. The van der Waals surface area contributed by atoms with E-state index >= 15 is 0 Å². The van der Waals surface area contributed by atoms with E-state index in [0.717, 1.165) is 19.0 Å². The molecule has 0 bridgehead atoms. The molecule has 2 heteroatoms. The molecule has 88 valence electrons. The fraction of sp³-hybridized carbons (Fsp3) is 1.00. The van der Waals surface area contributed by atoms with Crippen molar-refractivity contribution in [3.63, 3.8) is 0 Å². The SMILES string of the molecule is OCC1(CNCCC2CCCCC2)CC1.